The van der Waals surface area contributed by atoms with E-state index in [2.05, 4.69) is 13.0 Å². The Balaban J connectivity index is 2.16. The van der Waals surface area contributed by atoms with Crippen LogP contribution in [-0.2, 0) is 6.42 Å². The number of aryl methyl sites for hydroxylation is 1. The maximum Gasteiger partial charge on any atom is 0.254 e. The van der Waals surface area contributed by atoms with Crippen LogP contribution >= 0.6 is 0 Å². The summed E-state index contributed by atoms with van der Waals surface area (Å²) >= 11 is 0. The highest BCUT2D eigenvalue weighted by Gasteiger charge is 2.28. The number of carbonyl (C=O) groups is 1. The average molecular weight is 228 g/mol. The van der Waals surface area contributed by atoms with Gasteiger partial charge >= 0.3 is 0 Å². The summed E-state index contributed by atoms with van der Waals surface area (Å²) in [7, 11) is 0. The van der Waals surface area contributed by atoms with Gasteiger partial charge < -0.3 is 4.90 Å². The van der Waals surface area contributed by atoms with Gasteiger partial charge in [-0.25, -0.2) is 0 Å². The first-order valence-electron chi connectivity index (χ1n) is 6.05. The van der Waals surface area contributed by atoms with E-state index in [-0.39, 0.29) is 11.9 Å². The molecule has 1 aromatic carbocycles. The minimum Gasteiger partial charge on any atom is -0.323 e. The Morgan fingerprint density at radius 1 is 1.47 bits per heavy atom. The Labute approximate surface area is 102 Å². The van der Waals surface area contributed by atoms with E-state index < -0.39 is 0 Å². The number of nitriles is 1. The third-order valence-corrected chi connectivity index (χ3v) is 3.27. The molecule has 3 heteroatoms. The number of carbonyl (C=O) groups excluding carboxylic acids is 1. The smallest absolute Gasteiger partial charge is 0.254 e. The lowest BCUT2D eigenvalue weighted by Gasteiger charge is -2.19. The second-order valence-corrected chi connectivity index (χ2v) is 4.34. The molecule has 3 nitrogen and oxygen atoms in total. The Morgan fingerprint density at radius 3 is 2.76 bits per heavy atom. The van der Waals surface area contributed by atoms with Gasteiger partial charge in [-0.1, -0.05) is 19.1 Å². The van der Waals surface area contributed by atoms with Gasteiger partial charge in [0.15, 0.2) is 0 Å². The molecule has 0 aromatic heterocycles. The van der Waals surface area contributed by atoms with Gasteiger partial charge in [0.05, 0.1) is 6.07 Å². The van der Waals surface area contributed by atoms with Gasteiger partial charge in [-0.05, 0) is 37.0 Å². The second kappa shape index (κ2) is 5.01. The van der Waals surface area contributed by atoms with Crippen molar-refractivity contribution in [2.24, 2.45) is 0 Å². The van der Waals surface area contributed by atoms with Crippen LogP contribution in [0.5, 0.6) is 0 Å². The standard InChI is InChI=1S/C14H16N2O/c1-2-11-5-7-12(8-6-11)14(17)16-9-3-4-13(16)10-15/h5-8,13H,2-4,9H2,1H3. The van der Waals surface area contributed by atoms with Crippen molar-refractivity contribution in [1.82, 2.24) is 4.90 Å². The first-order valence-corrected chi connectivity index (χ1v) is 6.05. The van der Waals surface area contributed by atoms with Crippen LogP contribution in [0.15, 0.2) is 24.3 Å². The number of nitrogens with zero attached hydrogens (tertiary/aromatic N) is 2. The third kappa shape index (κ3) is 2.31. The third-order valence-electron chi connectivity index (χ3n) is 3.27. The molecule has 1 aromatic rings. The maximum absolute atomic E-state index is 12.2. The van der Waals surface area contributed by atoms with Crippen LogP contribution in [0, 0.1) is 11.3 Å². The summed E-state index contributed by atoms with van der Waals surface area (Å²) in [5, 5.41) is 8.97. The maximum atomic E-state index is 12.2. The zero-order valence-electron chi connectivity index (χ0n) is 10.0. The van der Waals surface area contributed by atoms with E-state index in [0.717, 1.165) is 19.3 Å². The quantitative estimate of drug-likeness (QED) is 0.780. The Morgan fingerprint density at radius 2 is 2.18 bits per heavy atom. The number of hydrogen-bond donors (Lipinski definition) is 0. The van der Waals surface area contributed by atoms with Gasteiger partial charge in [0.25, 0.3) is 5.91 Å². The van der Waals surface area contributed by atoms with E-state index in [0.29, 0.717) is 12.1 Å². The van der Waals surface area contributed by atoms with E-state index in [1.807, 2.05) is 24.3 Å². The number of rotatable bonds is 2. The normalized spacial score (nSPS) is 19.1. The topological polar surface area (TPSA) is 44.1 Å². The van der Waals surface area contributed by atoms with E-state index in [1.54, 1.807) is 4.90 Å². The van der Waals surface area contributed by atoms with Gasteiger partial charge in [-0.2, -0.15) is 5.26 Å². The molecular weight excluding hydrogens is 212 g/mol. The van der Waals surface area contributed by atoms with Crippen molar-refractivity contribution in [2.75, 3.05) is 6.54 Å². The number of benzene rings is 1. The minimum atomic E-state index is -0.242. The van der Waals surface area contributed by atoms with E-state index >= 15 is 0 Å². The molecule has 88 valence electrons. The molecule has 2 rings (SSSR count). The molecular formula is C14H16N2O. The molecule has 1 saturated heterocycles. The van der Waals surface area contributed by atoms with Crippen molar-refractivity contribution < 1.29 is 4.79 Å². The fraction of sp³-hybridized carbons (Fsp3) is 0.429. The van der Waals surface area contributed by atoms with Crippen molar-refractivity contribution in [2.45, 2.75) is 32.2 Å². The molecule has 17 heavy (non-hydrogen) atoms. The van der Waals surface area contributed by atoms with Crippen LogP contribution < -0.4 is 0 Å². The van der Waals surface area contributed by atoms with E-state index in [9.17, 15) is 4.79 Å². The van der Waals surface area contributed by atoms with E-state index in [4.69, 9.17) is 5.26 Å². The zero-order valence-corrected chi connectivity index (χ0v) is 10.0. The van der Waals surface area contributed by atoms with Crippen LogP contribution in [0.4, 0.5) is 0 Å². The molecule has 1 aliphatic rings. The summed E-state index contributed by atoms with van der Waals surface area (Å²) in [6, 6.07) is 9.61. The molecule has 1 atom stereocenters. The Kier molecular flexibility index (Phi) is 3.43. The largest absolute Gasteiger partial charge is 0.323 e. The van der Waals surface area contributed by atoms with Crippen molar-refractivity contribution in [3.8, 4) is 6.07 Å². The summed E-state index contributed by atoms with van der Waals surface area (Å²) < 4.78 is 0. The van der Waals surface area contributed by atoms with Crippen molar-refractivity contribution in [3.63, 3.8) is 0 Å². The molecule has 0 radical (unpaired) electrons. The molecule has 1 unspecified atom stereocenters. The highest BCUT2D eigenvalue weighted by Crippen LogP contribution is 2.19. The summed E-state index contributed by atoms with van der Waals surface area (Å²) in [5.74, 6) is -0.0169. The van der Waals surface area contributed by atoms with E-state index in [1.165, 1.54) is 5.56 Å². The lowest BCUT2D eigenvalue weighted by atomic mass is 10.1. The molecule has 0 spiro atoms. The van der Waals surface area contributed by atoms with Gasteiger partial charge in [0.1, 0.15) is 6.04 Å². The summed E-state index contributed by atoms with van der Waals surface area (Å²) in [5.41, 5.74) is 1.91. The summed E-state index contributed by atoms with van der Waals surface area (Å²) in [6.07, 6.45) is 2.70. The van der Waals surface area contributed by atoms with Gasteiger partial charge in [-0.3, -0.25) is 4.79 Å². The molecule has 0 saturated carbocycles. The van der Waals surface area contributed by atoms with Gasteiger partial charge in [-0.15, -0.1) is 0 Å². The van der Waals surface area contributed by atoms with Crippen LogP contribution in [0.3, 0.4) is 0 Å². The predicted octanol–water partition coefficient (Wildman–Crippen LogP) is 2.38. The van der Waals surface area contributed by atoms with Crippen molar-refractivity contribution >= 4 is 5.91 Å². The fourth-order valence-corrected chi connectivity index (χ4v) is 2.19. The molecule has 1 amide bonds. The highest BCUT2D eigenvalue weighted by atomic mass is 16.2. The van der Waals surface area contributed by atoms with Crippen LogP contribution in [0.2, 0.25) is 0 Å². The van der Waals surface area contributed by atoms with Crippen LogP contribution in [-0.4, -0.2) is 23.4 Å². The second-order valence-electron chi connectivity index (χ2n) is 4.34. The summed E-state index contributed by atoms with van der Waals surface area (Å²) in [4.78, 5) is 13.9. The first-order chi connectivity index (χ1) is 8.26. The van der Waals surface area contributed by atoms with Crippen LogP contribution in [0.25, 0.3) is 0 Å². The molecule has 1 aliphatic heterocycles. The number of likely N-dealkylation sites (tertiary alicyclic amines) is 1. The lowest BCUT2D eigenvalue weighted by molar-refractivity contribution is 0.0765. The number of hydrogen-bond acceptors (Lipinski definition) is 2. The average Bonchev–Trinajstić information content (AvgIpc) is 2.86. The monoisotopic (exact) mass is 228 g/mol. The molecule has 0 bridgehead atoms. The number of amides is 1. The zero-order chi connectivity index (χ0) is 12.3. The lowest BCUT2D eigenvalue weighted by Crippen LogP contribution is -2.34. The van der Waals surface area contributed by atoms with Gasteiger partial charge in [0, 0.05) is 12.1 Å². The Bertz CT molecular complexity index is 444. The van der Waals surface area contributed by atoms with Crippen molar-refractivity contribution in [1.29, 1.82) is 5.26 Å². The summed E-state index contributed by atoms with van der Waals surface area (Å²) in [6.45, 7) is 2.79. The fourth-order valence-electron chi connectivity index (χ4n) is 2.19. The molecule has 0 N–H and O–H groups in total. The predicted molar refractivity (Wildman–Crippen MR) is 65.5 cm³/mol. The first kappa shape index (κ1) is 11.7. The Hall–Kier alpha value is -1.82. The molecule has 0 aliphatic carbocycles. The molecule has 1 fully saturated rings. The molecule has 1 heterocycles. The minimum absolute atomic E-state index is 0.0169. The highest BCUT2D eigenvalue weighted by molar-refractivity contribution is 5.94. The van der Waals surface area contributed by atoms with Gasteiger partial charge in [0.2, 0.25) is 0 Å². The SMILES string of the molecule is CCc1ccc(C(=O)N2CCCC2C#N)cc1. The van der Waals surface area contributed by atoms with Crippen LogP contribution in [0.1, 0.15) is 35.7 Å². The van der Waals surface area contributed by atoms with Crippen molar-refractivity contribution in [3.05, 3.63) is 35.4 Å².